The van der Waals surface area contributed by atoms with Crippen LogP contribution in [0.25, 0.3) is 10.9 Å². The molecular formula is C17H9ClF3NO3. The van der Waals surface area contributed by atoms with Crippen molar-refractivity contribution in [2.75, 3.05) is 0 Å². The predicted octanol–water partition coefficient (Wildman–Crippen LogP) is 5.40. The number of hydrogen-bond acceptors (Lipinski definition) is 3. The number of fused-ring (bicyclic) bond motifs is 1. The van der Waals surface area contributed by atoms with Crippen molar-refractivity contribution in [1.82, 2.24) is 4.98 Å². The first-order chi connectivity index (χ1) is 11.8. The lowest BCUT2D eigenvalue weighted by Gasteiger charge is -2.16. The number of benzene rings is 2. The Morgan fingerprint density at radius 2 is 1.80 bits per heavy atom. The van der Waals surface area contributed by atoms with Crippen molar-refractivity contribution in [2.24, 2.45) is 0 Å². The molecule has 0 saturated carbocycles. The number of aromatic carboxylic acids is 1. The molecule has 128 valence electrons. The van der Waals surface area contributed by atoms with Gasteiger partial charge < -0.3 is 9.84 Å². The van der Waals surface area contributed by atoms with Gasteiger partial charge >= 0.3 is 12.1 Å². The number of aromatic nitrogens is 1. The van der Waals surface area contributed by atoms with Crippen LogP contribution in [0, 0.1) is 0 Å². The van der Waals surface area contributed by atoms with E-state index in [1.807, 2.05) is 0 Å². The molecule has 0 aliphatic heterocycles. The van der Waals surface area contributed by atoms with Crippen LogP contribution in [-0.2, 0) is 6.18 Å². The van der Waals surface area contributed by atoms with E-state index in [0.29, 0.717) is 11.9 Å². The molecule has 1 heterocycles. The Labute approximate surface area is 144 Å². The fraction of sp³-hybridized carbons (Fsp3) is 0.0588. The molecule has 0 saturated heterocycles. The molecule has 0 unspecified atom stereocenters. The zero-order valence-electron chi connectivity index (χ0n) is 12.3. The summed E-state index contributed by atoms with van der Waals surface area (Å²) >= 11 is 5.93. The third-order valence-corrected chi connectivity index (χ3v) is 3.73. The first-order valence-corrected chi connectivity index (χ1v) is 7.31. The van der Waals surface area contributed by atoms with Crippen LogP contribution in [0.1, 0.15) is 15.9 Å². The first-order valence-electron chi connectivity index (χ1n) is 6.93. The Kier molecular flexibility index (Phi) is 4.26. The van der Waals surface area contributed by atoms with Crippen molar-refractivity contribution >= 4 is 28.5 Å². The van der Waals surface area contributed by atoms with E-state index in [2.05, 4.69) is 4.98 Å². The lowest BCUT2D eigenvalue weighted by molar-refractivity contribution is -0.136. The molecule has 0 amide bonds. The van der Waals surface area contributed by atoms with Gasteiger partial charge in [-0.05, 0) is 24.3 Å². The zero-order valence-corrected chi connectivity index (χ0v) is 13.1. The molecule has 4 nitrogen and oxygen atoms in total. The number of hydrogen-bond donors (Lipinski definition) is 1. The largest absolute Gasteiger partial charge is 0.478 e. The van der Waals surface area contributed by atoms with Crippen molar-refractivity contribution in [3.05, 3.63) is 64.8 Å². The third kappa shape index (κ3) is 3.23. The molecule has 0 fully saturated rings. The summed E-state index contributed by atoms with van der Waals surface area (Å²) in [4.78, 5) is 15.0. The summed E-state index contributed by atoms with van der Waals surface area (Å²) in [6, 6.07) is 11.0. The Bertz CT molecular complexity index is 959. The summed E-state index contributed by atoms with van der Waals surface area (Å²) in [6.07, 6.45) is -4.27. The zero-order chi connectivity index (χ0) is 18.2. The third-order valence-electron chi connectivity index (χ3n) is 3.42. The summed E-state index contributed by atoms with van der Waals surface area (Å²) in [5, 5.41) is 8.29. The molecule has 0 bridgehead atoms. The second kappa shape index (κ2) is 6.25. The van der Waals surface area contributed by atoms with Gasteiger partial charge in [0, 0.05) is 11.6 Å². The molecule has 0 atom stereocenters. The molecule has 0 spiro atoms. The van der Waals surface area contributed by atoms with Gasteiger partial charge in [0.1, 0.15) is 11.3 Å². The van der Waals surface area contributed by atoms with Crippen molar-refractivity contribution in [3.8, 4) is 11.5 Å². The minimum absolute atomic E-state index is 0.0352. The minimum atomic E-state index is -4.93. The minimum Gasteiger partial charge on any atom is -0.478 e. The van der Waals surface area contributed by atoms with Crippen LogP contribution in [0.4, 0.5) is 13.2 Å². The number of nitrogens with zero attached hydrogens (tertiary/aromatic N) is 1. The van der Waals surface area contributed by atoms with Crippen molar-refractivity contribution in [3.63, 3.8) is 0 Å². The summed E-state index contributed by atoms with van der Waals surface area (Å²) in [7, 11) is 0. The van der Waals surface area contributed by atoms with Crippen LogP contribution in [0.15, 0.2) is 48.7 Å². The second-order valence-electron chi connectivity index (χ2n) is 5.03. The van der Waals surface area contributed by atoms with Crippen molar-refractivity contribution in [2.45, 2.75) is 6.18 Å². The highest BCUT2D eigenvalue weighted by Crippen LogP contribution is 2.42. The van der Waals surface area contributed by atoms with Crippen molar-refractivity contribution in [1.29, 1.82) is 0 Å². The molecule has 0 aliphatic carbocycles. The van der Waals surface area contributed by atoms with Crippen LogP contribution in [0.5, 0.6) is 11.5 Å². The predicted molar refractivity (Wildman–Crippen MR) is 85.2 cm³/mol. The molecule has 0 radical (unpaired) electrons. The topological polar surface area (TPSA) is 59.4 Å². The quantitative estimate of drug-likeness (QED) is 0.673. The Hall–Kier alpha value is -2.80. The van der Waals surface area contributed by atoms with Gasteiger partial charge in [-0.2, -0.15) is 13.2 Å². The number of rotatable bonds is 3. The number of pyridine rings is 1. The molecule has 3 rings (SSSR count). The van der Waals surface area contributed by atoms with E-state index in [4.69, 9.17) is 21.4 Å². The van der Waals surface area contributed by atoms with Crippen LogP contribution in [0.3, 0.4) is 0 Å². The van der Waals surface area contributed by atoms with E-state index < -0.39 is 28.7 Å². The molecular weight excluding hydrogens is 359 g/mol. The highest BCUT2D eigenvalue weighted by atomic mass is 35.5. The van der Waals surface area contributed by atoms with E-state index in [0.717, 1.165) is 0 Å². The van der Waals surface area contributed by atoms with Gasteiger partial charge in [0.25, 0.3) is 0 Å². The SMILES string of the molecule is O=C(O)c1cnc2c(Oc3ccccc3)ccc(Cl)c2c1C(F)(F)F. The number of alkyl halides is 3. The van der Waals surface area contributed by atoms with E-state index in [1.54, 1.807) is 30.3 Å². The van der Waals surface area contributed by atoms with Gasteiger partial charge in [-0.25, -0.2) is 4.79 Å². The van der Waals surface area contributed by atoms with Crippen molar-refractivity contribution < 1.29 is 27.8 Å². The van der Waals surface area contributed by atoms with Gasteiger partial charge in [-0.15, -0.1) is 0 Å². The Morgan fingerprint density at radius 1 is 1.12 bits per heavy atom. The lowest BCUT2D eigenvalue weighted by atomic mass is 10.0. The van der Waals surface area contributed by atoms with Gasteiger partial charge in [0.2, 0.25) is 0 Å². The fourth-order valence-corrected chi connectivity index (χ4v) is 2.64. The second-order valence-corrected chi connectivity index (χ2v) is 5.44. The smallest absolute Gasteiger partial charge is 0.418 e. The van der Waals surface area contributed by atoms with E-state index >= 15 is 0 Å². The maximum Gasteiger partial charge on any atom is 0.418 e. The molecule has 1 aromatic heterocycles. The summed E-state index contributed by atoms with van der Waals surface area (Å²) in [5.74, 6) is -1.32. The Morgan fingerprint density at radius 3 is 2.40 bits per heavy atom. The molecule has 0 aliphatic rings. The molecule has 2 aromatic carbocycles. The molecule has 8 heteroatoms. The van der Waals surface area contributed by atoms with Crippen LogP contribution >= 0.6 is 11.6 Å². The highest BCUT2D eigenvalue weighted by Gasteiger charge is 2.39. The van der Waals surface area contributed by atoms with Crippen LogP contribution in [-0.4, -0.2) is 16.1 Å². The molecule has 25 heavy (non-hydrogen) atoms. The van der Waals surface area contributed by atoms with Crippen LogP contribution < -0.4 is 4.74 Å². The van der Waals surface area contributed by atoms with Crippen LogP contribution in [0.2, 0.25) is 5.02 Å². The van der Waals surface area contributed by atoms with Gasteiger partial charge in [0.05, 0.1) is 16.1 Å². The van der Waals surface area contributed by atoms with Gasteiger partial charge in [-0.3, -0.25) is 4.98 Å². The maximum absolute atomic E-state index is 13.5. The first kappa shape index (κ1) is 17.0. The Balaban J connectivity index is 2.30. The standard InChI is InChI=1S/C17H9ClF3NO3/c18-11-6-7-12(25-9-4-2-1-3-5-9)15-13(11)14(17(19,20)21)10(8-22-15)16(23)24/h1-8H,(H,23,24). The summed E-state index contributed by atoms with van der Waals surface area (Å²) < 4.78 is 46.0. The number of ether oxygens (including phenoxy) is 1. The van der Waals surface area contributed by atoms with E-state index in [1.165, 1.54) is 12.1 Å². The summed E-state index contributed by atoms with van der Waals surface area (Å²) in [5.41, 5.74) is -2.50. The number of carboxylic acids is 1. The normalized spacial score (nSPS) is 11.5. The average Bonchev–Trinajstić information content (AvgIpc) is 2.56. The summed E-state index contributed by atoms with van der Waals surface area (Å²) in [6.45, 7) is 0. The molecule has 3 aromatic rings. The highest BCUT2D eigenvalue weighted by molar-refractivity contribution is 6.36. The molecule has 1 N–H and O–H groups in total. The maximum atomic E-state index is 13.5. The monoisotopic (exact) mass is 367 g/mol. The number of halogens is 4. The fourth-order valence-electron chi connectivity index (χ4n) is 2.40. The lowest BCUT2D eigenvalue weighted by Crippen LogP contribution is -2.14. The average molecular weight is 368 g/mol. The van der Waals surface area contributed by atoms with Gasteiger partial charge in [0.15, 0.2) is 5.75 Å². The van der Waals surface area contributed by atoms with E-state index in [9.17, 15) is 18.0 Å². The number of carbonyl (C=O) groups is 1. The number of para-hydroxylation sites is 1. The van der Waals surface area contributed by atoms with Gasteiger partial charge in [-0.1, -0.05) is 29.8 Å². The number of carboxylic acid groups (broad SMARTS) is 1. The van der Waals surface area contributed by atoms with E-state index in [-0.39, 0.29) is 16.3 Å².